The molecule has 0 heterocycles. The van der Waals surface area contributed by atoms with Crippen LogP contribution in [0.5, 0.6) is 0 Å². The third kappa shape index (κ3) is 3.62. The van der Waals surface area contributed by atoms with Crippen molar-refractivity contribution < 1.29 is 9.72 Å². The minimum atomic E-state index is -0.311. The number of rotatable bonds is 4. The van der Waals surface area contributed by atoms with Crippen molar-refractivity contribution >= 4 is 21.7 Å². The van der Waals surface area contributed by atoms with Crippen LogP contribution in [-0.4, -0.2) is 17.3 Å². The summed E-state index contributed by atoms with van der Waals surface area (Å²) < 4.78 is 0.936. The molecule has 0 radical (unpaired) electrons. The van der Waals surface area contributed by atoms with E-state index in [2.05, 4.69) is 15.9 Å². The highest BCUT2D eigenvalue weighted by Crippen LogP contribution is 2.34. The van der Waals surface area contributed by atoms with Gasteiger partial charge in [-0.2, -0.15) is 0 Å². The Kier molecular flexibility index (Phi) is 4.69. The number of nitrogens with zero attached hydrogens (tertiary/aromatic N) is 1. The minimum Gasteiger partial charge on any atom is -0.299 e. The van der Waals surface area contributed by atoms with E-state index >= 15 is 0 Å². The molecule has 0 saturated heterocycles. The molecular weight excluding hydrogens is 310 g/mol. The molecule has 0 N–H and O–H groups in total. The van der Waals surface area contributed by atoms with Gasteiger partial charge in [0.1, 0.15) is 5.78 Å². The van der Waals surface area contributed by atoms with Crippen LogP contribution in [0.2, 0.25) is 0 Å². The van der Waals surface area contributed by atoms with Gasteiger partial charge in [-0.1, -0.05) is 34.5 Å². The Morgan fingerprint density at radius 1 is 1.32 bits per heavy atom. The summed E-state index contributed by atoms with van der Waals surface area (Å²) in [4.78, 5) is 22.6. The molecule has 0 spiro atoms. The number of nitro groups is 1. The van der Waals surface area contributed by atoms with Gasteiger partial charge in [0.15, 0.2) is 0 Å². The standard InChI is InChI=1S/C14H16BrNO3/c15-11-7-5-10(6-8-11)13(9-16(18)19)12-3-1-2-4-14(12)17/h5-8,12-13H,1-4,9H2/t12?,13-/m0/s1. The molecule has 5 heteroatoms. The zero-order chi connectivity index (χ0) is 13.8. The number of hydrogen-bond acceptors (Lipinski definition) is 3. The lowest BCUT2D eigenvalue weighted by molar-refractivity contribution is -0.484. The molecular formula is C14H16BrNO3. The summed E-state index contributed by atoms with van der Waals surface area (Å²) in [6.45, 7) is -0.169. The maximum Gasteiger partial charge on any atom is 0.211 e. The van der Waals surface area contributed by atoms with Gasteiger partial charge in [-0.25, -0.2) is 0 Å². The van der Waals surface area contributed by atoms with Crippen LogP contribution < -0.4 is 0 Å². The van der Waals surface area contributed by atoms with E-state index in [1.807, 2.05) is 24.3 Å². The minimum absolute atomic E-state index is 0.169. The fraction of sp³-hybridized carbons (Fsp3) is 0.500. The second-order valence-electron chi connectivity index (χ2n) is 4.99. The van der Waals surface area contributed by atoms with Crippen LogP contribution in [0.15, 0.2) is 28.7 Å². The Morgan fingerprint density at radius 2 is 2.00 bits per heavy atom. The molecule has 1 saturated carbocycles. The second-order valence-corrected chi connectivity index (χ2v) is 5.91. The van der Waals surface area contributed by atoms with Crippen molar-refractivity contribution in [1.82, 2.24) is 0 Å². The largest absolute Gasteiger partial charge is 0.299 e. The topological polar surface area (TPSA) is 60.2 Å². The summed E-state index contributed by atoms with van der Waals surface area (Å²) in [6, 6.07) is 7.49. The molecule has 19 heavy (non-hydrogen) atoms. The zero-order valence-electron chi connectivity index (χ0n) is 10.5. The first kappa shape index (κ1) is 14.2. The Balaban J connectivity index is 2.26. The smallest absolute Gasteiger partial charge is 0.211 e. The molecule has 0 aliphatic heterocycles. The first-order chi connectivity index (χ1) is 9.08. The van der Waals surface area contributed by atoms with Crippen molar-refractivity contribution in [1.29, 1.82) is 0 Å². The third-order valence-corrected chi connectivity index (χ3v) is 4.26. The van der Waals surface area contributed by atoms with Crippen LogP contribution in [0.1, 0.15) is 37.2 Å². The lowest BCUT2D eigenvalue weighted by atomic mass is 9.76. The normalized spacial score (nSPS) is 21.1. The summed E-state index contributed by atoms with van der Waals surface area (Å²) in [5.41, 5.74) is 0.889. The fourth-order valence-electron chi connectivity index (χ4n) is 2.77. The van der Waals surface area contributed by atoms with E-state index in [0.717, 1.165) is 29.3 Å². The number of halogens is 1. The highest BCUT2D eigenvalue weighted by atomic mass is 79.9. The first-order valence-corrected chi connectivity index (χ1v) is 7.27. The van der Waals surface area contributed by atoms with Crippen molar-refractivity contribution in [2.75, 3.05) is 6.54 Å². The van der Waals surface area contributed by atoms with Crippen molar-refractivity contribution in [2.24, 2.45) is 5.92 Å². The third-order valence-electron chi connectivity index (χ3n) is 3.73. The van der Waals surface area contributed by atoms with Crippen LogP contribution in [0.4, 0.5) is 0 Å². The SMILES string of the molecule is O=C1CCCCC1[C@@H](C[N+](=O)[O-])c1ccc(Br)cc1. The van der Waals surface area contributed by atoms with E-state index in [-0.39, 0.29) is 29.1 Å². The number of hydrogen-bond donors (Lipinski definition) is 0. The fourth-order valence-corrected chi connectivity index (χ4v) is 3.04. The molecule has 0 aromatic heterocycles. The van der Waals surface area contributed by atoms with Crippen molar-refractivity contribution in [3.8, 4) is 0 Å². The van der Waals surface area contributed by atoms with Gasteiger partial charge >= 0.3 is 0 Å². The molecule has 1 aliphatic rings. The average molecular weight is 326 g/mol. The van der Waals surface area contributed by atoms with Crippen molar-refractivity contribution in [3.63, 3.8) is 0 Å². The number of carbonyl (C=O) groups is 1. The molecule has 4 nitrogen and oxygen atoms in total. The quantitative estimate of drug-likeness (QED) is 0.628. The summed E-state index contributed by atoms with van der Waals surface area (Å²) in [5.74, 6) is -0.308. The van der Waals surface area contributed by atoms with Gasteiger partial charge in [-0.05, 0) is 30.5 Å². The molecule has 2 atom stereocenters. The molecule has 1 aromatic rings. The molecule has 1 unspecified atom stereocenters. The van der Waals surface area contributed by atoms with Gasteiger partial charge in [-0.3, -0.25) is 14.9 Å². The Bertz CT molecular complexity index is 472. The average Bonchev–Trinajstić information content (AvgIpc) is 2.38. The second kappa shape index (κ2) is 6.28. The van der Waals surface area contributed by atoms with E-state index in [1.165, 1.54) is 0 Å². The van der Waals surface area contributed by atoms with Crippen LogP contribution >= 0.6 is 15.9 Å². The van der Waals surface area contributed by atoms with Gasteiger partial charge < -0.3 is 0 Å². The van der Waals surface area contributed by atoms with Gasteiger partial charge in [0.25, 0.3) is 0 Å². The molecule has 102 valence electrons. The first-order valence-electron chi connectivity index (χ1n) is 6.48. The Labute approximate surface area is 120 Å². The van der Waals surface area contributed by atoms with Gasteiger partial charge in [0, 0.05) is 21.7 Å². The Morgan fingerprint density at radius 3 is 2.58 bits per heavy atom. The van der Waals surface area contributed by atoms with Crippen LogP contribution in [0.25, 0.3) is 0 Å². The monoisotopic (exact) mass is 325 g/mol. The van der Waals surface area contributed by atoms with Gasteiger partial charge in [0.2, 0.25) is 6.54 Å². The van der Waals surface area contributed by atoms with Gasteiger partial charge in [0.05, 0.1) is 5.92 Å². The number of Topliss-reactive ketones (excluding diaryl/α,β-unsaturated/α-hetero) is 1. The predicted octanol–water partition coefficient (Wildman–Crippen LogP) is 3.57. The van der Waals surface area contributed by atoms with E-state index in [4.69, 9.17) is 0 Å². The summed E-state index contributed by atoms with van der Waals surface area (Å²) in [5, 5.41) is 10.9. The summed E-state index contributed by atoms with van der Waals surface area (Å²) in [6.07, 6.45) is 3.24. The maximum atomic E-state index is 12.0. The van der Waals surface area contributed by atoms with E-state index in [9.17, 15) is 14.9 Å². The maximum absolute atomic E-state index is 12.0. The van der Waals surface area contributed by atoms with E-state index in [1.54, 1.807) is 0 Å². The highest BCUT2D eigenvalue weighted by molar-refractivity contribution is 9.10. The predicted molar refractivity (Wildman–Crippen MR) is 75.7 cm³/mol. The molecule has 0 amide bonds. The van der Waals surface area contributed by atoms with Crippen LogP contribution in [0.3, 0.4) is 0 Å². The highest BCUT2D eigenvalue weighted by Gasteiger charge is 2.34. The van der Waals surface area contributed by atoms with E-state index < -0.39 is 0 Å². The summed E-state index contributed by atoms with van der Waals surface area (Å²) >= 11 is 3.35. The number of ketones is 1. The zero-order valence-corrected chi connectivity index (χ0v) is 12.1. The molecule has 1 fully saturated rings. The van der Waals surface area contributed by atoms with Crippen molar-refractivity contribution in [3.05, 3.63) is 44.4 Å². The number of carbonyl (C=O) groups excluding carboxylic acids is 1. The van der Waals surface area contributed by atoms with Crippen LogP contribution in [-0.2, 0) is 4.79 Å². The molecule has 0 bridgehead atoms. The lowest BCUT2D eigenvalue weighted by Crippen LogP contribution is -2.30. The van der Waals surface area contributed by atoms with Gasteiger partial charge in [-0.15, -0.1) is 0 Å². The molecule has 1 aromatic carbocycles. The lowest BCUT2D eigenvalue weighted by Gasteiger charge is -2.27. The number of benzene rings is 1. The molecule has 2 rings (SSSR count). The summed E-state index contributed by atoms with van der Waals surface area (Å²) in [7, 11) is 0. The van der Waals surface area contributed by atoms with E-state index in [0.29, 0.717) is 6.42 Å². The van der Waals surface area contributed by atoms with Crippen LogP contribution in [0, 0.1) is 16.0 Å². The Hall–Kier alpha value is -1.23. The molecule has 1 aliphatic carbocycles. The van der Waals surface area contributed by atoms with Crippen molar-refractivity contribution in [2.45, 2.75) is 31.6 Å².